The number of halogens is 1. The van der Waals surface area contributed by atoms with Crippen LogP contribution in [0.3, 0.4) is 0 Å². The van der Waals surface area contributed by atoms with Crippen LogP contribution in [-0.4, -0.2) is 50.3 Å². The monoisotopic (exact) mass is 448 g/mol. The molecule has 2 aromatic carbocycles. The zero-order valence-electron chi connectivity index (χ0n) is 17.7. The minimum atomic E-state index is -4.10. The Morgan fingerprint density at radius 3 is 2.52 bits per heavy atom. The molecule has 0 fully saturated rings. The third-order valence-electron chi connectivity index (χ3n) is 5.27. The van der Waals surface area contributed by atoms with Crippen molar-refractivity contribution in [1.82, 2.24) is 4.31 Å². The Kier molecular flexibility index (Phi) is 6.76. The molecule has 0 spiro atoms. The molecular weight excluding hydrogens is 423 g/mol. The van der Waals surface area contributed by atoms with Gasteiger partial charge in [-0.2, -0.15) is 4.31 Å². The second kappa shape index (κ2) is 9.15. The molecule has 1 amide bonds. The highest BCUT2D eigenvalue weighted by Gasteiger charge is 2.31. The minimum absolute atomic E-state index is 0.145. The number of amides is 1. The van der Waals surface area contributed by atoms with Gasteiger partial charge < -0.3 is 9.64 Å². The fraction of sp³-hybridized carbons (Fsp3) is 0.364. The molecule has 0 saturated carbocycles. The van der Waals surface area contributed by atoms with Gasteiger partial charge in [-0.15, -0.1) is 0 Å². The van der Waals surface area contributed by atoms with Crippen molar-refractivity contribution in [1.29, 1.82) is 0 Å². The molecule has 0 aliphatic carbocycles. The molecule has 1 heterocycles. The second-order valence-electron chi connectivity index (χ2n) is 7.15. The lowest BCUT2D eigenvalue weighted by Crippen LogP contribution is -2.39. The summed E-state index contributed by atoms with van der Waals surface area (Å²) < 4.78 is 46.0. The first kappa shape index (κ1) is 22.9. The Bertz CT molecular complexity index is 1100. The molecule has 1 aliphatic heterocycles. The molecular formula is C22H25FN2O5S. The van der Waals surface area contributed by atoms with E-state index in [1.54, 1.807) is 18.7 Å². The number of carbonyl (C=O) groups excluding carboxylic acids is 2. The van der Waals surface area contributed by atoms with Crippen molar-refractivity contribution in [3.63, 3.8) is 0 Å². The molecule has 0 saturated heterocycles. The van der Waals surface area contributed by atoms with Gasteiger partial charge in [-0.3, -0.25) is 4.79 Å². The molecule has 166 valence electrons. The Labute approximate surface area is 181 Å². The normalized spacial score (nSPS) is 14.4. The number of hydrogen-bond acceptors (Lipinski definition) is 5. The summed E-state index contributed by atoms with van der Waals surface area (Å²) in [4.78, 5) is 26.4. The van der Waals surface area contributed by atoms with Crippen molar-refractivity contribution < 1.29 is 27.1 Å². The van der Waals surface area contributed by atoms with E-state index >= 15 is 0 Å². The summed E-state index contributed by atoms with van der Waals surface area (Å²) in [6.45, 7) is 5.55. The van der Waals surface area contributed by atoms with Crippen LogP contribution in [0.15, 0.2) is 47.4 Å². The number of carbonyl (C=O) groups is 2. The molecule has 7 nitrogen and oxygen atoms in total. The van der Waals surface area contributed by atoms with E-state index in [0.717, 1.165) is 33.8 Å². The SMILES string of the molecule is CCN(CC)S(=O)(=O)c1cc(C(=O)OC(C)C(=O)N2CCc3ccccc32)ccc1F. The lowest BCUT2D eigenvalue weighted by molar-refractivity contribution is -0.126. The van der Waals surface area contributed by atoms with E-state index in [-0.39, 0.29) is 24.6 Å². The van der Waals surface area contributed by atoms with E-state index in [0.29, 0.717) is 13.0 Å². The average molecular weight is 449 g/mol. The molecule has 0 N–H and O–H groups in total. The van der Waals surface area contributed by atoms with Crippen LogP contribution in [-0.2, 0) is 26.0 Å². The van der Waals surface area contributed by atoms with E-state index in [1.807, 2.05) is 24.3 Å². The van der Waals surface area contributed by atoms with Crippen LogP contribution >= 0.6 is 0 Å². The number of rotatable bonds is 7. The van der Waals surface area contributed by atoms with Crippen molar-refractivity contribution in [2.24, 2.45) is 0 Å². The number of sulfonamides is 1. The number of nitrogens with zero attached hydrogens (tertiary/aromatic N) is 2. The summed E-state index contributed by atoms with van der Waals surface area (Å²) in [5, 5.41) is 0. The summed E-state index contributed by atoms with van der Waals surface area (Å²) >= 11 is 0. The fourth-order valence-corrected chi connectivity index (χ4v) is 5.14. The van der Waals surface area contributed by atoms with Crippen LogP contribution in [0.1, 0.15) is 36.7 Å². The highest BCUT2D eigenvalue weighted by molar-refractivity contribution is 7.89. The highest BCUT2D eigenvalue weighted by atomic mass is 32.2. The van der Waals surface area contributed by atoms with E-state index in [9.17, 15) is 22.4 Å². The molecule has 0 aromatic heterocycles. The maximum Gasteiger partial charge on any atom is 0.338 e. The number of fused-ring (bicyclic) bond motifs is 1. The Balaban J connectivity index is 1.79. The Morgan fingerprint density at radius 1 is 1.16 bits per heavy atom. The van der Waals surface area contributed by atoms with Gasteiger partial charge in [-0.05, 0) is 43.2 Å². The van der Waals surface area contributed by atoms with Crippen molar-refractivity contribution in [2.75, 3.05) is 24.5 Å². The maximum absolute atomic E-state index is 14.3. The lowest BCUT2D eigenvalue weighted by atomic mass is 10.2. The van der Waals surface area contributed by atoms with Crippen LogP contribution in [0, 0.1) is 5.82 Å². The van der Waals surface area contributed by atoms with Gasteiger partial charge in [0.1, 0.15) is 10.7 Å². The Morgan fingerprint density at radius 2 is 1.84 bits per heavy atom. The van der Waals surface area contributed by atoms with Crippen LogP contribution in [0.5, 0.6) is 0 Å². The van der Waals surface area contributed by atoms with E-state index < -0.39 is 32.8 Å². The predicted octanol–water partition coefficient (Wildman–Crippen LogP) is 2.99. The number of ether oxygens (including phenoxy) is 1. The van der Waals surface area contributed by atoms with Crippen LogP contribution in [0.4, 0.5) is 10.1 Å². The van der Waals surface area contributed by atoms with Gasteiger partial charge in [0.15, 0.2) is 6.10 Å². The number of para-hydroxylation sites is 1. The first-order chi connectivity index (χ1) is 14.7. The van der Waals surface area contributed by atoms with Gasteiger partial charge in [0, 0.05) is 25.3 Å². The number of hydrogen-bond donors (Lipinski definition) is 0. The topological polar surface area (TPSA) is 84.0 Å². The first-order valence-corrected chi connectivity index (χ1v) is 11.5. The molecule has 3 rings (SSSR count). The van der Waals surface area contributed by atoms with Gasteiger partial charge in [0.25, 0.3) is 5.91 Å². The average Bonchev–Trinajstić information content (AvgIpc) is 3.18. The van der Waals surface area contributed by atoms with E-state index in [4.69, 9.17) is 4.74 Å². The summed E-state index contributed by atoms with van der Waals surface area (Å²) in [7, 11) is -4.10. The second-order valence-corrected chi connectivity index (χ2v) is 9.06. The van der Waals surface area contributed by atoms with E-state index in [2.05, 4.69) is 0 Å². The molecule has 31 heavy (non-hydrogen) atoms. The smallest absolute Gasteiger partial charge is 0.338 e. The minimum Gasteiger partial charge on any atom is -0.449 e. The van der Waals surface area contributed by atoms with Crippen molar-refractivity contribution in [3.8, 4) is 0 Å². The quantitative estimate of drug-likeness (QED) is 0.608. The van der Waals surface area contributed by atoms with Gasteiger partial charge >= 0.3 is 5.97 Å². The van der Waals surface area contributed by atoms with Crippen molar-refractivity contribution >= 4 is 27.6 Å². The number of esters is 1. The fourth-order valence-electron chi connectivity index (χ4n) is 3.60. The summed E-state index contributed by atoms with van der Waals surface area (Å²) in [6.07, 6.45) is -0.376. The summed E-state index contributed by atoms with van der Waals surface area (Å²) in [6, 6.07) is 10.5. The molecule has 2 aromatic rings. The highest BCUT2D eigenvalue weighted by Crippen LogP contribution is 2.28. The molecule has 1 aliphatic rings. The molecule has 9 heteroatoms. The molecule has 0 bridgehead atoms. The zero-order chi connectivity index (χ0) is 22.8. The van der Waals surface area contributed by atoms with Crippen LogP contribution in [0.25, 0.3) is 0 Å². The zero-order valence-corrected chi connectivity index (χ0v) is 18.5. The van der Waals surface area contributed by atoms with Gasteiger partial charge in [-0.1, -0.05) is 32.0 Å². The summed E-state index contributed by atoms with van der Waals surface area (Å²) in [5.74, 6) is -2.23. The molecule has 1 unspecified atom stereocenters. The molecule has 0 radical (unpaired) electrons. The number of benzene rings is 2. The van der Waals surface area contributed by atoms with Gasteiger partial charge in [0.2, 0.25) is 10.0 Å². The molecule has 1 atom stereocenters. The van der Waals surface area contributed by atoms with Crippen LogP contribution in [0.2, 0.25) is 0 Å². The van der Waals surface area contributed by atoms with E-state index in [1.165, 1.54) is 6.92 Å². The summed E-state index contributed by atoms with van der Waals surface area (Å²) in [5.41, 5.74) is 1.68. The Hall–Kier alpha value is -2.78. The third-order valence-corrected chi connectivity index (χ3v) is 7.34. The third kappa shape index (κ3) is 4.47. The lowest BCUT2D eigenvalue weighted by Gasteiger charge is -2.22. The standard InChI is InChI=1S/C22H25FN2O5S/c1-4-24(5-2)31(28,29)20-14-17(10-11-18(20)23)22(27)30-15(3)21(26)25-13-12-16-8-6-7-9-19(16)25/h6-11,14-15H,4-5,12-13H2,1-3H3. The largest absolute Gasteiger partial charge is 0.449 e. The van der Waals surface area contributed by atoms with Crippen LogP contribution < -0.4 is 4.90 Å². The van der Waals surface area contributed by atoms with Crippen molar-refractivity contribution in [3.05, 3.63) is 59.4 Å². The first-order valence-electron chi connectivity index (χ1n) is 10.1. The van der Waals surface area contributed by atoms with Gasteiger partial charge in [-0.25, -0.2) is 17.6 Å². The maximum atomic E-state index is 14.3. The van der Waals surface area contributed by atoms with Gasteiger partial charge in [0.05, 0.1) is 5.56 Å². The number of anilines is 1. The predicted molar refractivity (Wildman–Crippen MR) is 114 cm³/mol. The van der Waals surface area contributed by atoms with Crippen molar-refractivity contribution in [2.45, 2.75) is 38.2 Å².